The lowest BCUT2D eigenvalue weighted by Crippen LogP contribution is -2.45. The molecular weight excluding hydrogens is 741 g/mol. The second-order valence-electron chi connectivity index (χ2n) is 16.4. The Labute approximate surface area is 337 Å². The van der Waals surface area contributed by atoms with Gasteiger partial charge in [0.05, 0.1) is 37.5 Å². The molecule has 3 N–H and O–H groups in total. The molecule has 3 aliphatic rings. The van der Waals surface area contributed by atoms with E-state index in [1.165, 1.54) is 0 Å². The van der Waals surface area contributed by atoms with Crippen LogP contribution < -0.4 is 21.2 Å². The third-order valence-corrected chi connectivity index (χ3v) is 13.3. The molecule has 4 heterocycles. The number of nitrogens with zero attached hydrogens (tertiary/aromatic N) is 6. The van der Waals surface area contributed by atoms with Gasteiger partial charge in [-0.25, -0.2) is 9.78 Å². The van der Waals surface area contributed by atoms with Gasteiger partial charge in [0.25, 0.3) is 5.91 Å². The second-order valence-corrected chi connectivity index (χ2v) is 17.4. The number of hydrogen-bond acceptors (Lipinski definition) is 10. The van der Waals surface area contributed by atoms with Gasteiger partial charge in [-0.2, -0.15) is 0 Å². The molecule has 57 heavy (non-hydrogen) atoms. The van der Waals surface area contributed by atoms with Gasteiger partial charge in [0.1, 0.15) is 11.7 Å². The number of nitrogens with one attached hydrogen (secondary N) is 2. The van der Waals surface area contributed by atoms with E-state index in [0.29, 0.717) is 35.5 Å². The van der Waals surface area contributed by atoms with Gasteiger partial charge in [-0.1, -0.05) is 18.2 Å². The number of para-hydroxylation sites is 1. The van der Waals surface area contributed by atoms with Crippen molar-refractivity contribution in [2.75, 3.05) is 36.9 Å². The number of imide groups is 1. The first-order valence-electron chi connectivity index (χ1n) is 20.0. The highest BCUT2D eigenvalue weighted by atomic mass is 32.1. The van der Waals surface area contributed by atoms with E-state index >= 15 is 0 Å². The van der Waals surface area contributed by atoms with E-state index in [2.05, 4.69) is 45.3 Å². The largest absolute Gasteiger partial charge is 0.386 e. The van der Waals surface area contributed by atoms with E-state index in [1.54, 1.807) is 53.5 Å². The predicted octanol–water partition coefficient (Wildman–Crippen LogP) is 6.13. The normalized spacial score (nSPS) is 21.6. The van der Waals surface area contributed by atoms with Gasteiger partial charge in [0.2, 0.25) is 11.8 Å². The average Bonchev–Trinajstić information content (AvgIpc) is 3.72. The number of amides is 3. The smallest absolute Gasteiger partial charge is 0.329 e. The summed E-state index contributed by atoms with van der Waals surface area (Å²) in [6.07, 6.45) is 12.1. The number of allylic oxidation sites excluding steroid dienone is 3. The number of carbonyl (C=O) groups is 3. The standard InChI is InChI=1S/C43H54N8O5S/c1-7-8-10-30(44-4)39(53)45-31-24-36-32(23-29(31)43(2,3)56)46-41(57-36)27-15-13-26(14-16-27)25-48(5)28-19-21-50(22-20-28)33-11-9-12-34-38(33)49(6)42(55)51(34)35-17-18-37(52)47-40(35)54/h7-12,23-24,26-28,35,56H,4,13-22,25H2,1-3,5-6H3,(H,45,53)(H,47,52,54)/b8-7-,30-10-/t26-,27-,35?. The summed E-state index contributed by atoms with van der Waals surface area (Å²) >= 11 is 1.67. The fourth-order valence-electron chi connectivity index (χ4n) is 8.95. The van der Waals surface area contributed by atoms with E-state index in [0.717, 1.165) is 90.1 Å². The number of aliphatic imine (C=N–C) groups is 1. The quantitative estimate of drug-likeness (QED) is 0.0710. The number of piperidine rings is 2. The van der Waals surface area contributed by atoms with Crippen molar-refractivity contribution >= 4 is 68.4 Å². The zero-order valence-electron chi connectivity index (χ0n) is 33.6. The fourth-order valence-corrected chi connectivity index (χ4v) is 10.1. The van der Waals surface area contributed by atoms with E-state index in [1.807, 2.05) is 37.3 Å². The van der Waals surface area contributed by atoms with Crippen molar-refractivity contribution in [1.29, 1.82) is 0 Å². The molecule has 1 aliphatic carbocycles. The van der Waals surface area contributed by atoms with Gasteiger partial charge in [0, 0.05) is 56.3 Å². The number of benzene rings is 2. The van der Waals surface area contributed by atoms with Crippen molar-refractivity contribution < 1.29 is 19.5 Å². The maximum absolute atomic E-state index is 13.5. The van der Waals surface area contributed by atoms with Crippen LogP contribution in [0.5, 0.6) is 0 Å². The highest BCUT2D eigenvalue weighted by Crippen LogP contribution is 2.42. The molecule has 1 atom stereocenters. The SMILES string of the molecule is C=N/C(=C\C=C/C)C(=O)Nc1cc2sc([C@H]3CC[C@H](CN(C)C4CCN(c5cccc6c5n(C)c(=O)n6C5CCC(=O)NC5=O)CC4)CC3)nc2cc1C(C)(C)O. The predicted molar refractivity (Wildman–Crippen MR) is 227 cm³/mol. The number of fused-ring (bicyclic) bond motifs is 2. The summed E-state index contributed by atoms with van der Waals surface area (Å²) in [6, 6.07) is 9.49. The molecule has 0 bridgehead atoms. The van der Waals surface area contributed by atoms with Gasteiger partial charge in [0.15, 0.2) is 0 Å². The van der Waals surface area contributed by atoms with Crippen molar-refractivity contribution in [3.63, 3.8) is 0 Å². The molecule has 2 aromatic carbocycles. The van der Waals surface area contributed by atoms with Crippen LogP contribution in [-0.4, -0.2) is 81.3 Å². The lowest BCUT2D eigenvalue weighted by Gasteiger charge is -2.40. The van der Waals surface area contributed by atoms with Crippen LogP contribution in [0.3, 0.4) is 0 Å². The van der Waals surface area contributed by atoms with Crippen molar-refractivity contribution in [2.45, 2.75) is 95.7 Å². The van der Waals surface area contributed by atoms with Gasteiger partial charge in [-0.15, -0.1) is 11.3 Å². The van der Waals surface area contributed by atoms with Crippen LogP contribution in [-0.2, 0) is 27.0 Å². The van der Waals surface area contributed by atoms with Crippen LogP contribution >= 0.6 is 11.3 Å². The minimum atomic E-state index is -1.20. The molecule has 3 fully saturated rings. The van der Waals surface area contributed by atoms with E-state index in [4.69, 9.17) is 4.98 Å². The summed E-state index contributed by atoms with van der Waals surface area (Å²) in [5.74, 6) is -0.126. The Hall–Kier alpha value is -4.92. The Bertz CT molecular complexity index is 2310. The van der Waals surface area contributed by atoms with Gasteiger partial charge < -0.3 is 20.2 Å². The maximum atomic E-state index is 13.5. The van der Waals surface area contributed by atoms with Gasteiger partial charge >= 0.3 is 5.69 Å². The van der Waals surface area contributed by atoms with Crippen LogP contribution in [0, 0.1) is 5.92 Å². The molecule has 302 valence electrons. The molecule has 0 spiro atoms. The number of thiazole rings is 1. The minimum Gasteiger partial charge on any atom is -0.386 e. The summed E-state index contributed by atoms with van der Waals surface area (Å²) < 4.78 is 4.17. The number of aromatic nitrogens is 3. The Morgan fingerprint density at radius 2 is 1.86 bits per heavy atom. The van der Waals surface area contributed by atoms with Crippen LogP contribution in [0.2, 0.25) is 0 Å². The van der Waals surface area contributed by atoms with Crippen LogP contribution in [0.1, 0.15) is 94.7 Å². The lowest BCUT2D eigenvalue weighted by atomic mass is 9.82. The fraction of sp³-hybridized carbons (Fsp3) is 0.488. The van der Waals surface area contributed by atoms with E-state index < -0.39 is 23.5 Å². The first-order valence-corrected chi connectivity index (χ1v) is 20.9. The average molecular weight is 795 g/mol. The van der Waals surface area contributed by atoms with Gasteiger partial charge in [-0.05, 0) is 116 Å². The molecule has 1 saturated carbocycles. The molecule has 14 heteroatoms. The number of imidazole rings is 1. The summed E-state index contributed by atoms with van der Waals surface area (Å²) in [5.41, 5.74) is 3.25. The molecule has 3 amide bonds. The number of anilines is 2. The van der Waals surface area contributed by atoms with Crippen molar-refractivity contribution in [1.82, 2.24) is 24.3 Å². The third kappa shape index (κ3) is 8.26. The third-order valence-electron chi connectivity index (χ3n) is 12.1. The summed E-state index contributed by atoms with van der Waals surface area (Å²) in [7, 11) is 4.02. The molecule has 7 rings (SSSR count). The lowest BCUT2D eigenvalue weighted by molar-refractivity contribution is -0.135. The van der Waals surface area contributed by atoms with Crippen LogP contribution in [0.4, 0.5) is 11.4 Å². The second kappa shape index (κ2) is 16.5. The Morgan fingerprint density at radius 3 is 2.53 bits per heavy atom. The Kier molecular flexibility index (Phi) is 11.7. The molecule has 2 aromatic heterocycles. The minimum absolute atomic E-state index is 0.191. The molecule has 4 aromatic rings. The number of hydrogen-bond donors (Lipinski definition) is 3. The Morgan fingerprint density at radius 1 is 1.12 bits per heavy atom. The van der Waals surface area contributed by atoms with Crippen molar-refractivity contribution in [3.05, 3.63) is 75.3 Å². The first-order chi connectivity index (χ1) is 27.3. The van der Waals surface area contributed by atoms with E-state index in [-0.39, 0.29) is 23.7 Å². The number of aliphatic hydroxyl groups is 1. The molecule has 0 radical (unpaired) electrons. The summed E-state index contributed by atoms with van der Waals surface area (Å²) in [6.45, 7) is 11.6. The van der Waals surface area contributed by atoms with Gasteiger partial charge in [-0.3, -0.25) is 33.8 Å². The zero-order chi connectivity index (χ0) is 40.6. The highest BCUT2D eigenvalue weighted by molar-refractivity contribution is 7.18. The van der Waals surface area contributed by atoms with E-state index in [9.17, 15) is 24.3 Å². The molecular formula is C43H54N8O5S. The number of rotatable bonds is 11. The first kappa shape index (κ1) is 40.3. The molecule has 2 saturated heterocycles. The topological polar surface area (TPSA) is 154 Å². The monoisotopic (exact) mass is 794 g/mol. The van der Waals surface area contributed by atoms with Crippen molar-refractivity contribution in [2.24, 2.45) is 18.0 Å². The van der Waals surface area contributed by atoms with Crippen molar-refractivity contribution in [3.8, 4) is 0 Å². The Balaban J connectivity index is 0.964. The molecule has 13 nitrogen and oxygen atoms in total. The number of aryl methyl sites for hydroxylation is 1. The zero-order valence-corrected chi connectivity index (χ0v) is 34.4. The summed E-state index contributed by atoms with van der Waals surface area (Å²) in [5, 5.41) is 17.5. The molecule has 2 aliphatic heterocycles. The van der Waals surface area contributed by atoms with Crippen LogP contribution in [0.15, 0.2) is 64.0 Å². The highest BCUT2D eigenvalue weighted by Gasteiger charge is 2.34. The molecule has 1 unspecified atom stereocenters. The van der Waals surface area contributed by atoms with Crippen LogP contribution in [0.25, 0.3) is 21.3 Å². The maximum Gasteiger partial charge on any atom is 0.329 e. The summed E-state index contributed by atoms with van der Waals surface area (Å²) in [4.78, 5) is 64.9. The number of carbonyl (C=O) groups excluding carboxylic acids is 3.